The predicted molar refractivity (Wildman–Crippen MR) is 82.1 cm³/mol. The number of esters is 1. The SMILES string of the molecule is C=CC(=O)OCCCCCCCC/C=C/CCCC. The van der Waals surface area contributed by atoms with Crippen LogP contribution in [0.25, 0.3) is 0 Å². The van der Waals surface area contributed by atoms with Gasteiger partial charge in [0.1, 0.15) is 0 Å². The molecule has 0 bridgehead atoms. The molecule has 0 saturated carbocycles. The number of allylic oxidation sites excluding steroid dienone is 2. The third kappa shape index (κ3) is 14.9. The third-order valence-electron chi connectivity index (χ3n) is 3.07. The second-order valence-electron chi connectivity index (χ2n) is 4.90. The molecular formula is C17H30O2. The van der Waals surface area contributed by atoms with Crippen molar-refractivity contribution in [2.24, 2.45) is 0 Å². The highest BCUT2D eigenvalue weighted by Gasteiger charge is 1.95. The first-order chi connectivity index (χ1) is 9.31. The van der Waals surface area contributed by atoms with Crippen LogP contribution in [-0.2, 0) is 9.53 Å². The van der Waals surface area contributed by atoms with Crippen LogP contribution < -0.4 is 0 Å². The van der Waals surface area contributed by atoms with Crippen molar-refractivity contribution in [2.45, 2.75) is 71.1 Å². The van der Waals surface area contributed by atoms with Gasteiger partial charge in [0.05, 0.1) is 6.61 Å². The zero-order valence-corrected chi connectivity index (χ0v) is 12.5. The molecular weight excluding hydrogens is 236 g/mol. The molecule has 0 unspecified atom stereocenters. The van der Waals surface area contributed by atoms with E-state index in [1.54, 1.807) is 0 Å². The van der Waals surface area contributed by atoms with Crippen molar-refractivity contribution in [3.63, 3.8) is 0 Å². The van der Waals surface area contributed by atoms with Gasteiger partial charge in [-0.15, -0.1) is 0 Å². The Bertz CT molecular complexity index is 244. The van der Waals surface area contributed by atoms with Gasteiger partial charge in [-0.1, -0.05) is 64.2 Å². The van der Waals surface area contributed by atoms with Gasteiger partial charge in [0.2, 0.25) is 0 Å². The smallest absolute Gasteiger partial charge is 0.330 e. The molecule has 0 aromatic rings. The Labute approximate surface area is 118 Å². The van der Waals surface area contributed by atoms with Gasteiger partial charge < -0.3 is 4.74 Å². The summed E-state index contributed by atoms with van der Waals surface area (Å²) >= 11 is 0. The van der Waals surface area contributed by atoms with E-state index in [0.29, 0.717) is 6.61 Å². The van der Waals surface area contributed by atoms with Crippen LogP contribution >= 0.6 is 0 Å². The Morgan fingerprint density at radius 2 is 1.53 bits per heavy atom. The lowest BCUT2D eigenvalue weighted by atomic mass is 10.1. The standard InChI is InChI=1S/C17H30O2/c1-3-5-6-7-8-9-10-11-12-13-14-15-16-19-17(18)4-2/h4,7-8H,2-3,5-6,9-16H2,1H3/b8-7+. The number of ether oxygens (including phenoxy) is 1. The molecule has 0 aromatic carbocycles. The van der Waals surface area contributed by atoms with Gasteiger partial charge in [-0.25, -0.2) is 4.79 Å². The molecule has 0 N–H and O–H groups in total. The maximum atomic E-state index is 10.8. The minimum Gasteiger partial charge on any atom is -0.463 e. The summed E-state index contributed by atoms with van der Waals surface area (Å²) in [6, 6.07) is 0. The minimum absolute atomic E-state index is 0.310. The van der Waals surface area contributed by atoms with E-state index in [0.717, 1.165) is 12.8 Å². The molecule has 0 saturated heterocycles. The van der Waals surface area contributed by atoms with Gasteiger partial charge >= 0.3 is 5.97 Å². The zero-order chi connectivity index (χ0) is 14.2. The van der Waals surface area contributed by atoms with Crippen LogP contribution in [0.3, 0.4) is 0 Å². The van der Waals surface area contributed by atoms with E-state index in [1.165, 1.54) is 57.4 Å². The minimum atomic E-state index is -0.310. The van der Waals surface area contributed by atoms with E-state index in [2.05, 4.69) is 25.7 Å². The van der Waals surface area contributed by atoms with Crippen LogP contribution in [0.1, 0.15) is 71.1 Å². The zero-order valence-electron chi connectivity index (χ0n) is 12.5. The summed E-state index contributed by atoms with van der Waals surface area (Å²) in [5.74, 6) is -0.310. The van der Waals surface area contributed by atoms with Gasteiger partial charge in [-0.05, 0) is 25.7 Å². The first kappa shape index (κ1) is 17.9. The molecule has 0 aliphatic heterocycles. The lowest BCUT2D eigenvalue weighted by Gasteiger charge is -2.02. The van der Waals surface area contributed by atoms with E-state index in [4.69, 9.17) is 4.74 Å². The first-order valence-electron chi connectivity index (χ1n) is 7.75. The van der Waals surface area contributed by atoms with Crippen LogP contribution in [-0.4, -0.2) is 12.6 Å². The number of hydrogen-bond donors (Lipinski definition) is 0. The van der Waals surface area contributed by atoms with Gasteiger partial charge in [0, 0.05) is 6.08 Å². The summed E-state index contributed by atoms with van der Waals surface area (Å²) in [7, 11) is 0. The highest BCUT2D eigenvalue weighted by Crippen LogP contribution is 2.08. The maximum Gasteiger partial charge on any atom is 0.330 e. The number of rotatable bonds is 13. The van der Waals surface area contributed by atoms with Gasteiger partial charge in [-0.3, -0.25) is 0 Å². The number of unbranched alkanes of at least 4 members (excludes halogenated alkanes) is 8. The van der Waals surface area contributed by atoms with Gasteiger partial charge in [0.25, 0.3) is 0 Å². The molecule has 2 heteroatoms. The first-order valence-corrected chi connectivity index (χ1v) is 7.75. The molecule has 0 radical (unpaired) electrons. The van der Waals surface area contributed by atoms with Crippen molar-refractivity contribution >= 4 is 5.97 Å². The monoisotopic (exact) mass is 266 g/mol. The van der Waals surface area contributed by atoms with Crippen LogP contribution in [0.5, 0.6) is 0 Å². The molecule has 0 aliphatic carbocycles. The predicted octanol–water partition coefficient (Wildman–Crippen LogP) is 5.19. The summed E-state index contributed by atoms with van der Waals surface area (Å²) in [5.41, 5.74) is 0. The fourth-order valence-electron chi connectivity index (χ4n) is 1.86. The van der Waals surface area contributed by atoms with Crippen molar-refractivity contribution < 1.29 is 9.53 Å². The number of hydrogen-bond acceptors (Lipinski definition) is 2. The summed E-state index contributed by atoms with van der Waals surface area (Å²) in [5, 5.41) is 0. The summed E-state index contributed by atoms with van der Waals surface area (Å²) in [6.45, 7) is 6.12. The molecule has 110 valence electrons. The quantitative estimate of drug-likeness (QED) is 0.198. The molecule has 19 heavy (non-hydrogen) atoms. The van der Waals surface area contributed by atoms with E-state index in [-0.39, 0.29) is 5.97 Å². The second-order valence-corrected chi connectivity index (χ2v) is 4.90. The van der Waals surface area contributed by atoms with Gasteiger partial charge in [0.15, 0.2) is 0 Å². The normalized spacial score (nSPS) is 10.8. The van der Waals surface area contributed by atoms with Crippen molar-refractivity contribution in [3.05, 3.63) is 24.8 Å². The lowest BCUT2D eigenvalue weighted by Crippen LogP contribution is -2.01. The Balaban J connectivity index is 3.08. The van der Waals surface area contributed by atoms with Gasteiger partial charge in [-0.2, -0.15) is 0 Å². The van der Waals surface area contributed by atoms with E-state index < -0.39 is 0 Å². The molecule has 0 rings (SSSR count). The Kier molecular flexibility index (Phi) is 14.2. The number of carbonyl (C=O) groups is 1. The van der Waals surface area contributed by atoms with Crippen LogP contribution in [0.2, 0.25) is 0 Å². The highest BCUT2D eigenvalue weighted by molar-refractivity contribution is 5.81. The summed E-state index contributed by atoms with van der Waals surface area (Å²) in [6.07, 6.45) is 18.2. The summed E-state index contributed by atoms with van der Waals surface area (Å²) in [4.78, 5) is 10.8. The fraction of sp³-hybridized carbons (Fsp3) is 0.706. The van der Waals surface area contributed by atoms with Crippen LogP contribution in [0, 0.1) is 0 Å². The molecule has 0 fully saturated rings. The Hall–Kier alpha value is -1.05. The largest absolute Gasteiger partial charge is 0.463 e. The van der Waals surface area contributed by atoms with Crippen molar-refractivity contribution in [1.29, 1.82) is 0 Å². The highest BCUT2D eigenvalue weighted by atomic mass is 16.5. The third-order valence-corrected chi connectivity index (χ3v) is 3.07. The van der Waals surface area contributed by atoms with Crippen molar-refractivity contribution in [2.75, 3.05) is 6.61 Å². The van der Waals surface area contributed by atoms with E-state index in [1.807, 2.05) is 0 Å². The average molecular weight is 266 g/mol. The topological polar surface area (TPSA) is 26.3 Å². The lowest BCUT2D eigenvalue weighted by molar-refractivity contribution is -0.137. The Morgan fingerprint density at radius 3 is 2.16 bits per heavy atom. The molecule has 2 nitrogen and oxygen atoms in total. The van der Waals surface area contributed by atoms with Crippen LogP contribution in [0.4, 0.5) is 0 Å². The van der Waals surface area contributed by atoms with Crippen molar-refractivity contribution in [1.82, 2.24) is 0 Å². The molecule has 0 heterocycles. The molecule has 0 aliphatic rings. The molecule has 0 aromatic heterocycles. The fourth-order valence-corrected chi connectivity index (χ4v) is 1.86. The van der Waals surface area contributed by atoms with Crippen LogP contribution in [0.15, 0.2) is 24.8 Å². The molecule has 0 spiro atoms. The summed E-state index contributed by atoms with van der Waals surface area (Å²) < 4.78 is 4.92. The maximum absolute atomic E-state index is 10.8. The second kappa shape index (κ2) is 15.0. The Morgan fingerprint density at radius 1 is 0.947 bits per heavy atom. The number of carbonyl (C=O) groups excluding carboxylic acids is 1. The van der Waals surface area contributed by atoms with E-state index >= 15 is 0 Å². The average Bonchev–Trinajstić information content (AvgIpc) is 2.43. The van der Waals surface area contributed by atoms with Crippen molar-refractivity contribution in [3.8, 4) is 0 Å². The molecule has 0 atom stereocenters. The van der Waals surface area contributed by atoms with E-state index in [9.17, 15) is 4.79 Å². The molecule has 0 amide bonds.